The molecule has 0 saturated carbocycles. The minimum Gasteiger partial charge on any atom is -0.369 e. The first-order valence-corrected chi connectivity index (χ1v) is 6.35. The summed E-state index contributed by atoms with van der Waals surface area (Å²) in [5.41, 5.74) is 5.02. The highest BCUT2D eigenvalue weighted by Gasteiger charge is 2.36. The molecule has 2 atom stereocenters. The van der Waals surface area contributed by atoms with E-state index < -0.39 is 29.5 Å². The molecule has 0 radical (unpaired) electrons. The molecule has 0 bridgehead atoms. The molecule has 110 valence electrons. The van der Waals surface area contributed by atoms with Crippen LogP contribution in [0.3, 0.4) is 0 Å². The minimum atomic E-state index is -4.45. The van der Waals surface area contributed by atoms with Crippen molar-refractivity contribution in [1.82, 2.24) is 5.32 Å². The summed E-state index contributed by atoms with van der Waals surface area (Å²) in [5.74, 6) is -3.09. The number of hydrogen-bond donors (Lipinski definition) is 2. The van der Waals surface area contributed by atoms with Crippen molar-refractivity contribution in [3.05, 3.63) is 34.9 Å². The number of nitrogens with one attached hydrogen (secondary N) is 1. The summed E-state index contributed by atoms with van der Waals surface area (Å²) in [6.07, 6.45) is -4.06. The average Bonchev–Trinajstić information content (AvgIpc) is 2.38. The Morgan fingerprint density at radius 3 is 2.80 bits per heavy atom. The third kappa shape index (κ3) is 2.80. The number of primary amides is 1. The molecule has 1 fully saturated rings. The Morgan fingerprint density at radius 2 is 2.20 bits per heavy atom. The van der Waals surface area contributed by atoms with Gasteiger partial charge in [0.2, 0.25) is 5.91 Å². The fourth-order valence-corrected chi connectivity index (χ4v) is 2.71. The molecular formula is C14H17F3N2O. The Hall–Kier alpha value is -1.56. The van der Waals surface area contributed by atoms with Crippen molar-refractivity contribution in [1.29, 1.82) is 0 Å². The average molecular weight is 287 g/mol. The lowest BCUT2D eigenvalue weighted by molar-refractivity contribution is -0.138. The van der Waals surface area contributed by atoms with Crippen LogP contribution in [0.1, 0.15) is 30.4 Å². The van der Waals surface area contributed by atoms with Crippen molar-refractivity contribution in [2.24, 2.45) is 11.6 Å². The molecule has 1 aromatic rings. The second-order valence-corrected chi connectivity index (χ2v) is 4.93. The molecule has 1 aliphatic heterocycles. The van der Waals surface area contributed by atoms with Gasteiger partial charge >= 0.3 is 6.18 Å². The van der Waals surface area contributed by atoms with Gasteiger partial charge in [-0.05, 0) is 43.0 Å². The maximum atomic E-state index is 13.0. The standard InChI is InChI=1S/C14H17F3N2O/c1-8-9(3-2-4-12(8)14(15,16)17)10-5-6-19-7-11(10)13(18)20/h2-4,10-11,19H,5-7H2,1H3,(H2,18,20)/i11D. The summed E-state index contributed by atoms with van der Waals surface area (Å²) in [7, 11) is 0. The highest BCUT2D eigenvalue weighted by atomic mass is 19.4. The maximum Gasteiger partial charge on any atom is 0.416 e. The molecule has 1 heterocycles. The van der Waals surface area contributed by atoms with Gasteiger partial charge in [-0.2, -0.15) is 13.2 Å². The van der Waals surface area contributed by atoms with E-state index in [4.69, 9.17) is 7.10 Å². The van der Waals surface area contributed by atoms with Crippen molar-refractivity contribution in [3.63, 3.8) is 0 Å². The molecule has 0 spiro atoms. The molecule has 20 heavy (non-hydrogen) atoms. The summed E-state index contributed by atoms with van der Waals surface area (Å²) in [6.45, 7) is 1.96. The van der Waals surface area contributed by atoms with Crippen molar-refractivity contribution >= 4 is 5.91 Å². The summed E-state index contributed by atoms with van der Waals surface area (Å²) in [5, 5.41) is 2.91. The quantitative estimate of drug-likeness (QED) is 0.876. The number of alkyl halides is 3. The van der Waals surface area contributed by atoms with Gasteiger partial charge in [0.25, 0.3) is 0 Å². The van der Waals surface area contributed by atoms with Crippen LogP contribution in [-0.4, -0.2) is 19.0 Å². The number of amides is 1. The van der Waals surface area contributed by atoms with Gasteiger partial charge in [-0.3, -0.25) is 4.79 Å². The fraction of sp³-hybridized carbons (Fsp3) is 0.500. The second kappa shape index (κ2) is 5.44. The van der Waals surface area contributed by atoms with E-state index in [0.29, 0.717) is 18.5 Å². The number of rotatable bonds is 2. The Balaban J connectivity index is 2.52. The monoisotopic (exact) mass is 287 g/mol. The second-order valence-electron chi connectivity index (χ2n) is 4.93. The van der Waals surface area contributed by atoms with Crippen LogP contribution in [0, 0.1) is 12.8 Å². The molecule has 0 aromatic heterocycles. The first kappa shape index (κ1) is 13.4. The van der Waals surface area contributed by atoms with Gasteiger partial charge in [0.1, 0.15) is 0 Å². The molecule has 1 aromatic carbocycles. The molecule has 2 rings (SSSR count). The topological polar surface area (TPSA) is 55.1 Å². The number of halogens is 3. The Morgan fingerprint density at radius 1 is 1.50 bits per heavy atom. The largest absolute Gasteiger partial charge is 0.416 e. The molecule has 3 nitrogen and oxygen atoms in total. The van der Waals surface area contributed by atoms with E-state index in [1.54, 1.807) is 6.07 Å². The van der Waals surface area contributed by atoms with Crippen molar-refractivity contribution < 1.29 is 19.3 Å². The van der Waals surface area contributed by atoms with Gasteiger partial charge in [-0.15, -0.1) is 0 Å². The molecule has 1 amide bonds. The highest BCUT2D eigenvalue weighted by molar-refractivity contribution is 5.78. The van der Waals surface area contributed by atoms with Gasteiger partial charge in [-0.25, -0.2) is 0 Å². The number of hydrogen-bond acceptors (Lipinski definition) is 2. The zero-order valence-corrected chi connectivity index (χ0v) is 11.1. The van der Waals surface area contributed by atoms with Crippen LogP contribution in [0.5, 0.6) is 0 Å². The van der Waals surface area contributed by atoms with Crippen LogP contribution in [-0.2, 0) is 11.0 Å². The fourth-order valence-electron chi connectivity index (χ4n) is 2.71. The zero-order valence-electron chi connectivity index (χ0n) is 12.1. The van der Waals surface area contributed by atoms with Crippen LogP contribution in [0.2, 0.25) is 0 Å². The molecule has 1 saturated heterocycles. The summed E-state index contributed by atoms with van der Waals surface area (Å²) < 4.78 is 47.3. The molecule has 3 N–H and O–H groups in total. The van der Waals surface area contributed by atoms with Gasteiger partial charge in [0, 0.05) is 7.92 Å². The molecule has 0 aliphatic carbocycles. The number of nitrogens with two attached hydrogens (primary N) is 1. The lowest BCUT2D eigenvalue weighted by Crippen LogP contribution is -2.42. The summed E-state index contributed by atoms with van der Waals surface area (Å²) in [6, 6.07) is 3.87. The molecule has 6 heteroatoms. The third-order valence-electron chi connectivity index (χ3n) is 3.72. The molecule has 2 unspecified atom stereocenters. The summed E-state index contributed by atoms with van der Waals surface area (Å²) in [4.78, 5) is 11.6. The van der Waals surface area contributed by atoms with Crippen molar-refractivity contribution in [2.75, 3.05) is 13.1 Å². The van der Waals surface area contributed by atoms with Gasteiger partial charge < -0.3 is 11.1 Å². The van der Waals surface area contributed by atoms with Gasteiger partial charge in [-0.1, -0.05) is 12.1 Å². The van der Waals surface area contributed by atoms with E-state index in [9.17, 15) is 18.0 Å². The Labute approximate surface area is 116 Å². The number of piperidine rings is 1. The van der Waals surface area contributed by atoms with Crippen LogP contribution in [0.15, 0.2) is 18.2 Å². The van der Waals surface area contributed by atoms with Crippen LogP contribution < -0.4 is 11.1 Å². The predicted molar refractivity (Wildman–Crippen MR) is 69.1 cm³/mol. The summed E-state index contributed by atoms with van der Waals surface area (Å²) >= 11 is 0. The SMILES string of the molecule is [2H]C1(C(N)=O)CNCCC1c1cccc(C(F)(F)F)c1C. The lowest BCUT2D eigenvalue weighted by atomic mass is 9.78. The smallest absolute Gasteiger partial charge is 0.369 e. The number of carbonyl (C=O) groups is 1. The van der Waals surface area contributed by atoms with Gasteiger partial charge in [0.05, 0.1) is 11.5 Å². The van der Waals surface area contributed by atoms with Crippen molar-refractivity contribution in [2.45, 2.75) is 25.4 Å². The van der Waals surface area contributed by atoms with Crippen LogP contribution >= 0.6 is 0 Å². The maximum absolute atomic E-state index is 13.0. The van der Waals surface area contributed by atoms with E-state index in [2.05, 4.69) is 5.32 Å². The van der Waals surface area contributed by atoms with Crippen LogP contribution in [0.25, 0.3) is 0 Å². The van der Waals surface area contributed by atoms with E-state index in [-0.39, 0.29) is 12.1 Å². The predicted octanol–water partition coefficient (Wildman–Crippen LogP) is 2.19. The lowest BCUT2D eigenvalue weighted by Gasteiger charge is -2.32. The van der Waals surface area contributed by atoms with E-state index in [1.807, 2.05) is 0 Å². The minimum absolute atomic E-state index is 0.0443. The van der Waals surface area contributed by atoms with Gasteiger partial charge in [0.15, 0.2) is 0 Å². The Bertz CT molecular complexity index is 562. The van der Waals surface area contributed by atoms with E-state index in [1.165, 1.54) is 13.0 Å². The number of benzene rings is 1. The van der Waals surface area contributed by atoms with Crippen molar-refractivity contribution in [3.8, 4) is 0 Å². The van der Waals surface area contributed by atoms with E-state index >= 15 is 0 Å². The first-order valence-electron chi connectivity index (χ1n) is 6.85. The highest BCUT2D eigenvalue weighted by Crippen LogP contribution is 2.38. The van der Waals surface area contributed by atoms with E-state index in [0.717, 1.165) is 6.07 Å². The molecule has 1 aliphatic rings. The van der Waals surface area contributed by atoms with Crippen LogP contribution in [0.4, 0.5) is 13.2 Å². The molecular weight excluding hydrogens is 269 g/mol. The normalized spacial score (nSPS) is 28.0. The number of carbonyl (C=O) groups excluding carboxylic acids is 1. The Kier molecular flexibility index (Phi) is 3.65. The first-order chi connectivity index (χ1) is 9.68. The zero-order chi connectivity index (χ0) is 15.8. The third-order valence-corrected chi connectivity index (χ3v) is 3.72.